The number of carbonyl (C=O) groups excluding carboxylic acids is 6. The lowest BCUT2D eigenvalue weighted by molar-refractivity contribution is -0.907. The van der Waals surface area contributed by atoms with Crippen LogP contribution in [0.5, 0.6) is 0 Å². The molecule has 9 rings (SSSR count). The summed E-state index contributed by atoms with van der Waals surface area (Å²) in [6.07, 6.45) is 13.2. The number of nitrogens with zero attached hydrogens (tertiary/aromatic N) is 6. The fourth-order valence-electron chi connectivity index (χ4n) is 14.8. The normalized spacial score (nSPS) is 13.2. The Labute approximate surface area is 692 Å². The monoisotopic (exact) mass is 1600 g/mol. The number of quaternary nitrogens is 3. The van der Waals surface area contributed by atoms with E-state index < -0.39 is 36.3 Å². The molecule has 6 aromatic carbocycles. The molecule has 0 saturated carbocycles. The van der Waals surface area contributed by atoms with Gasteiger partial charge in [-0.05, 0) is 158 Å². The van der Waals surface area contributed by atoms with Crippen molar-refractivity contribution in [2.24, 2.45) is 51.6 Å². The van der Waals surface area contributed by atoms with Crippen molar-refractivity contribution in [3.8, 4) is 0 Å². The first-order valence-electron chi connectivity index (χ1n) is 41.2. The summed E-state index contributed by atoms with van der Waals surface area (Å²) >= 11 is 4.36. The quantitative estimate of drug-likeness (QED) is 0.0148. The van der Waals surface area contributed by atoms with E-state index in [1.165, 1.54) is 0 Å². The van der Waals surface area contributed by atoms with Crippen LogP contribution in [0.4, 0.5) is 0 Å². The van der Waals surface area contributed by atoms with E-state index in [1.54, 1.807) is 18.6 Å². The van der Waals surface area contributed by atoms with Gasteiger partial charge in [-0.25, -0.2) is 0 Å². The Hall–Kier alpha value is -9.16. The number of aromatic nitrogens is 3. The molecule has 0 bridgehead atoms. The molecule has 0 radical (unpaired) electrons. The summed E-state index contributed by atoms with van der Waals surface area (Å²) in [5.74, 6) is -0.403. The van der Waals surface area contributed by atoms with Crippen LogP contribution in [-0.2, 0) is 73.0 Å². The maximum Gasteiger partial charge on any atom is 0.237 e. The zero-order valence-corrected chi connectivity index (χ0v) is 69.5. The van der Waals surface area contributed by atoms with Crippen LogP contribution in [0, 0.1) is 0 Å². The van der Waals surface area contributed by atoms with Crippen LogP contribution in [0.2, 0.25) is 0 Å². The van der Waals surface area contributed by atoms with Crippen molar-refractivity contribution >= 4 is 80.4 Å². The van der Waals surface area contributed by atoms with Gasteiger partial charge in [0.05, 0.1) is 133 Å². The molecular weight excluding hydrogens is 1470 g/mol. The Morgan fingerprint density at radius 2 is 0.595 bits per heavy atom. The van der Waals surface area contributed by atoms with Gasteiger partial charge in [-0.2, -0.15) is 12.6 Å². The smallest absolute Gasteiger partial charge is 0.237 e. The number of nitrogens with one attached hydrogen (secondary N) is 3. The number of thiol groups is 1. The Kier molecular flexibility index (Phi) is 40.4. The van der Waals surface area contributed by atoms with Crippen LogP contribution >= 0.6 is 12.6 Å². The number of hydrogen-bond acceptors (Lipinski definition) is 19. The number of pyridine rings is 3. The van der Waals surface area contributed by atoms with Crippen molar-refractivity contribution in [2.75, 3.05) is 119 Å². The largest absolute Gasteiger partial charge is 0.345 e. The minimum absolute atomic E-state index is 0.0475. The Balaban J connectivity index is 0.000000241. The molecule has 24 nitrogen and oxygen atoms in total. The second-order valence-corrected chi connectivity index (χ2v) is 32.0. The molecule has 0 aliphatic heterocycles. The lowest BCUT2D eigenvalue weighted by atomic mass is 9.97. The molecule has 0 aliphatic rings. The molecule has 6 atom stereocenters. The maximum absolute atomic E-state index is 13.5. The third-order valence-corrected chi connectivity index (χ3v) is 22.3. The summed E-state index contributed by atoms with van der Waals surface area (Å²) in [5.41, 5.74) is 63.1. The van der Waals surface area contributed by atoms with Crippen LogP contribution in [0.25, 0.3) is 32.7 Å². The van der Waals surface area contributed by atoms with Crippen LogP contribution < -0.4 is 67.6 Å². The van der Waals surface area contributed by atoms with Gasteiger partial charge in [0.25, 0.3) is 0 Å². The number of carbonyl (C=O) groups is 6. The van der Waals surface area contributed by atoms with Gasteiger partial charge >= 0.3 is 0 Å². The zero-order chi connectivity index (χ0) is 83.7. The Morgan fingerprint density at radius 3 is 0.888 bits per heavy atom. The number of aryl methyl sites for hydroxylation is 3. The van der Waals surface area contributed by atoms with E-state index in [0.717, 1.165) is 163 Å². The van der Waals surface area contributed by atoms with E-state index in [4.69, 9.17) is 51.6 Å². The van der Waals surface area contributed by atoms with Gasteiger partial charge in [0, 0.05) is 99.0 Å². The summed E-state index contributed by atoms with van der Waals surface area (Å²) in [6.45, 7) is 11.0. The number of para-hydroxylation sites is 2. The standard InChI is InChI=1S/C31H44N6O2S.2C30H42N6O2/c1-37(16-13-32,17-14-33)15-5-8-27(34)31(39)36-29(12-9-23-6-3-2-4-7-23)30(38)20-25-19-26-18-24(22-40)10-11-28(26)35-21-25;2*1-36(18-15-31,19-16-32)17-7-11-26(33)30(38)35-28(14-13-23-8-3-2-4-9-23)29(37)21-24-20-25-10-5-6-12-27(25)34-22-24/h2-4,6-7,10-11,18-19,21,27,29H,5,8-9,12-17,20,22,32-34H2,1H3,(H-,36,39,40);2*2-6,8-10,12,20,22,26,28H,7,11,13-19,21,31-33H2,1H3/p+3/t27-,29+;26-,28+;26-,28-/m000/s1. The first-order chi connectivity index (χ1) is 55.9. The third-order valence-electron chi connectivity index (χ3n) is 21.9. The van der Waals surface area contributed by atoms with E-state index in [2.05, 4.69) is 64.7 Å². The highest BCUT2D eigenvalue weighted by molar-refractivity contribution is 7.79. The van der Waals surface area contributed by atoms with Gasteiger partial charge in [-0.15, -0.1) is 0 Å². The molecule has 116 heavy (non-hydrogen) atoms. The molecule has 0 spiro atoms. The van der Waals surface area contributed by atoms with E-state index >= 15 is 0 Å². The number of amides is 3. The van der Waals surface area contributed by atoms with Crippen molar-refractivity contribution < 1.29 is 42.2 Å². The average Bonchev–Trinajstić information content (AvgIpc) is 0.823. The lowest BCUT2D eigenvalue weighted by Crippen LogP contribution is -2.52. The second-order valence-electron chi connectivity index (χ2n) is 31.6. The molecule has 3 heterocycles. The molecule has 0 fully saturated rings. The van der Waals surface area contributed by atoms with E-state index in [1.807, 2.05) is 176 Å². The number of nitrogens with two attached hydrogens (primary N) is 9. The third kappa shape index (κ3) is 32.4. The minimum Gasteiger partial charge on any atom is -0.345 e. The number of hydrogen-bond donors (Lipinski definition) is 13. The SMILES string of the molecule is C[N+](CCN)(CCN)CCC[C@H](N)C(=O)N[C@@H](CCc1ccccc1)C(=O)Cc1cnc2ccccc2c1.C[N+](CCN)(CCN)CCC[C@H](N)C(=O)N[C@H](CCc1ccccc1)C(=O)Cc1cnc2ccc(CS)cc2c1.C[N+](CCN)(CCN)CCC[C@H](N)C(=O)N[C@H](CCc1ccccc1)C(=O)Cc1cnc2ccccc2c1. The van der Waals surface area contributed by atoms with Gasteiger partial charge in [0.15, 0.2) is 17.3 Å². The molecule has 21 N–H and O–H groups in total. The molecule has 0 unspecified atom stereocenters. The number of Topliss-reactive ketones (excluding diaryl/α,β-unsaturated/α-hetero) is 3. The Bertz CT molecular complexity index is 4270. The minimum atomic E-state index is -0.696. The molecule has 624 valence electrons. The van der Waals surface area contributed by atoms with Crippen LogP contribution in [0.1, 0.15) is 96.7 Å². The summed E-state index contributed by atoms with van der Waals surface area (Å²) in [4.78, 5) is 93.1. The van der Waals surface area contributed by atoms with Crippen molar-refractivity contribution in [3.63, 3.8) is 0 Å². The van der Waals surface area contributed by atoms with Crippen molar-refractivity contribution in [3.05, 3.63) is 233 Å². The molecule has 0 aliphatic carbocycles. The molecular formula is C91H131N18O6S+3. The highest BCUT2D eigenvalue weighted by Gasteiger charge is 2.30. The fourth-order valence-corrected chi connectivity index (χ4v) is 15.0. The maximum atomic E-state index is 13.5. The number of ketones is 3. The summed E-state index contributed by atoms with van der Waals surface area (Å²) < 4.78 is 2.29. The molecule has 9 aromatic rings. The predicted molar refractivity (Wildman–Crippen MR) is 472 cm³/mol. The van der Waals surface area contributed by atoms with E-state index in [9.17, 15) is 28.8 Å². The van der Waals surface area contributed by atoms with Crippen molar-refractivity contribution in [1.82, 2.24) is 30.9 Å². The lowest BCUT2D eigenvalue weighted by Gasteiger charge is -2.34. The molecule has 0 saturated heterocycles. The van der Waals surface area contributed by atoms with Crippen LogP contribution in [-0.4, -0.2) is 219 Å². The van der Waals surface area contributed by atoms with Crippen LogP contribution in [0.3, 0.4) is 0 Å². The number of likely N-dealkylation sites (N-methyl/N-ethyl adjacent to an activating group) is 3. The molecule has 3 aromatic heterocycles. The first kappa shape index (κ1) is 94.0. The topological polar surface area (TPSA) is 411 Å². The average molecular weight is 1610 g/mol. The van der Waals surface area contributed by atoms with Crippen molar-refractivity contribution in [1.29, 1.82) is 0 Å². The fraction of sp³-hybridized carbons (Fsp3) is 0.440. The first-order valence-corrected chi connectivity index (χ1v) is 41.8. The van der Waals surface area contributed by atoms with Crippen LogP contribution in [0.15, 0.2) is 195 Å². The number of benzene rings is 6. The van der Waals surface area contributed by atoms with Gasteiger partial charge in [-0.3, -0.25) is 43.7 Å². The summed E-state index contributed by atoms with van der Waals surface area (Å²) in [7, 11) is 6.39. The number of fused-ring (bicyclic) bond motifs is 3. The van der Waals surface area contributed by atoms with Gasteiger partial charge in [-0.1, -0.05) is 133 Å². The predicted octanol–water partition coefficient (Wildman–Crippen LogP) is 6.24. The van der Waals surface area contributed by atoms with Gasteiger partial charge in [0.1, 0.15) is 0 Å². The molecule has 3 amide bonds. The van der Waals surface area contributed by atoms with E-state index in [-0.39, 0.29) is 54.3 Å². The number of rotatable bonds is 49. The highest BCUT2D eigenvalue weighted by atomic mass is 32.1. The molecule has 25 heteroatoms. The second kappa shape index (κ2) is 49.8. The van der Waals surface area contributed by atoms with Gasteiger partial charge < -0.3 is 81.0 Å². The van der Waals surface area contributed by atoms with E-state index in [0.29, 0.717) is 103 Å². The van der Waals surface area contributed by atoms with Gasteiger partial charge in [0.2, 0.25) is 17.7 Å². The zero-order valence-electron chi connectivity index (χ0n) is 68.6. The summed E-state index contributed by atoms with van der Waals surface area (Å²) in [6, 6.07) is 53.5. The Morgan fingerprint density at radius 1 is 0.328 bits per heavy atom. The summed E-state index contributed by atoms with van der Waals surface area (Å²) in [5, 5.41) is 11.8. The van der Waals surface area contributed by atoms with Crippen molar-refractivity contribution in [2.45, 2.75) is 138 Å². The highest BCUT2D eigenvalue weighted by Crippen LogP contribution is 2.22.